The minimum absolute atomic E-state index is 0.124. The number of sulfonamides is 1. The van der Waals surface area contributed by atoms with Crippen LogP contribution in [-0.2, 0) is 19.5 Å². The van der Waals surface area contributed by atoms with Crippen LogP contribution >= 0.6 is 0 Å². The number of nitrogens with zero attached hydrogens (tertiary/aromatic N) is 2. The minimum atomic E-state index is -3.74. The third-order valence-electron chi connectivity index (χ3n) is 4.55. The summed E-state index contributed by atoms with van der Waals surface area (Å²) in [5, 5.41) is 11.5. The molecule has 0 aromatic heterocycles. The first kappa shape index (κ1) is 18.1. The molecule has 0 amide bonds. The highest BCUT2D eigenvalue weighted by molar-refractivity contribution is 7.89. The fourth-order valence-corrected chi connectivity index (χ4v) is 4.05. The monoisotopic (exact) mass is 371 g/mol. The predicted octanol–water partition coefficient (Wildman–Crippen LogP) is 1.09. The Morgan fingerprint density at radius 1 is 1.32 bits per heavy atom. The van der Waals surface area contributed by atoms with Crippen molar-refractivity contribution in [2.75, 3.05) is 38.3 Å². The van der Waals surface area contributed by atoms with E-state index in [-0.39, 0.29) is 22.8 Å². The van der Waals surface area contributed by atoms with E-state index in [1.807, 2.05) is 4.90 Å². The van der Waals surface area contributed by atoms with E-state index in [1.165, 1.54) is 19.2 Å². The van der Waals surface area contributed by atoms with Crippen LogP contribution in [0.3, 0.4) is 0 Å². The first-order chi connectivity index (χ1) is 11.9. The van der Waals surface area contributed by atoms with Crippen LogP contribution in [0.2, 0.25) is 0 Å². The molecule has 1 N–H and O–H groups in total. The molecule has 1 aromatic rings. The number of nitro benzene ring substituents is 1. The number of piperidine rings is 1. The van der Waals surface area contributed by atoms with Crippen LogP contribution in [0.5, 0.6) is 0 Å². The first-order valence-electron chi connectivity index (χ1n) is 8.12. The molecule has 25 heavy (non-hydrogen) atoms. The Labute approximate surface area is 146 Å². The van der Waals surface area contributed by atoms with Crippen molar-refractivity contribution >= 4 is 21.4 Å². The Morgan fingerprint density at radius 2 is 2.04 bits per heavy atom. The smallest absolute Gasteiger partial charge is 0.293 e. The highest BCUT2D eigenvalue weighted by atomic mass is 32.2. The number of nitro groups is 1. The zero-order valence-electron chi connectivity index (χ0n) is 13.9. The zero-order valence-corrected chi connectivity index (χ0v) is 14.7. The molecule has 138 valence electrons. The van der Waals surface area contributed by atoms with Gasteiger partial charge in [-0.2, -0.15) is 0 Å². The minimum Gasteiger partial charge on any atom is -0.366 e. The van der Waals surface area contributed by atoms with Gasteiger partial charge in [-0.3, -0.25) is 10.1 Å². The van der Waals surface area contributed by atoms with E-state index in [0.29, 0.717) is 32.0 Å². The van der Waals surface area contributed by atoms with Crippen LogP contribution < -0.4 is 9.62 Å². The predicted molar refractivity (Wildman–Crippen MR) is 90.0 cm³/mol. The van der Waals surface area contributed by atoms with Crippen molar-refractivity contribution in [1.29, 1.82) is 0 Å². The van der Waals surface area contributed by atoms with Gasteiger partial charge in [-0.25, -0.2) is 13.1 Å². The van der Waals surface area contributed by atoms with Crippen LogP contribution in [0, 0.1) is 16.0 Å². The molecule has 2 aliphatic heterocycles. The summed E-state index contributed by atoms with van der Waals surface area (Å²) in [6, 6.07) is 3.99. The summed E-state index contributed by atoms with van der Waals surface area (Å²) < 4.78 is 37.1. The maximum absolute atomic E-state index is 11.9. The molecule has 0 radical (unpaired) electrons. The number of nitrogens with one attached hydrogen (secondary N) is 1. The molecule has 2 saturated heterocycles. The Bertz CT molecular complexity index is 748. The van der Waals surface area contributed by atoms with E-state index in [4.69, 9.17) is 9.47 Å². The molecule has 0 saturated carbocycles. The van der Waals surface area contributed by atoms with Crippen LogP contribution in [0.1, 0.15) is 12.8 Å². The standard InChI is InChI=1S/C15H21N3O6S/c1-16-25(21,22)12-4-5-13(14(9-12)18(19)20)17-6-2-3-11(10-17)15-23-7-8-24-15/h4-5,9,11,15-16H,2-3,6-8,10H2,1H3. The van der Waals surface area contributed by atoms with Gasteiger partial charge in [0.15, 0.2) is 6.29 Å². The van der Waals surface area contributed by atoms with Gasteiger partial charge < -0.3 is 14.4 Å². The van der Waals surface area contributed by atoms with Gasteiger partial charge in [-0.1, -0.05) is 0 Å². The molecule has 0 spiro atoms. The summed E-state index contributed by atoms with van der Waals surface area (Å²) in [6.07, 6.45) is 1.52. The van der Waals surface area contributed by atoms with E-state index in [2.05, 4.69) is 4.72 Å². The van der Waals surface area contributed by atoms with Crippen molar-refractivity contribution in [3.05, 3.63) is 28.3 Å². The molecule has 0 bridgehead atoms. The van der Waals surface area contributed by atoms with E-state index in [9.17, 15) is 18.5 Å². The third kappa shape index (κ3) is 3.76. The van der Waals surface area contributed by atoms with Crippen molar-refractivity contribution in [2.45, 2.75) is 24.0 Å². The van der Waals surface area contributed by atoms with Gasteiger partial charge in [0.2, 0.25) is 10.0 Å². The Balaban J connectivity index is 1.89. The fraction of sp³-hybridized carbons (Fsp3) is 0.600. The van der Waals surface area contributed by atoms with Crippen molar-refractivity contribution < 1.29 is 22.8 Å². The van der Waals surface area contributed by atoms with Crippen molar-refractivity contribution in [2.24, 2.45) is 5.92 Å². The largest absolute Gasteiger partial charge is 0.366 e. The lowest BCUT2D eigenvalue weighted by Crippen LogP contribution is -2.41. The third-order valence-corrected chi connectivity index (χ3v) is 5.97. The summed E-state index contributed by atoms with van der Waals surface area (Å²) in [5.41, 5.74) is 0.202. The van der Waals surface area contributed by atoms with E-state index < -0.39 is 14.9 Å². The second kappa shape index (κ2) is 7.24. The number of rotatable bonds is 5. The number of ether oxygens (including phenoxy) is 2. The molecule has 3 rings (SSSR count). The number of anilines is 1. The second-order valence-electron chi connectivity index (χ2n) is 6.07. The highest BCUT2D eigenvalue weighted by Gasteiger charge is 2.33. The van der Waals surface area contributed by atoms with Gasteiger partial charge in [-0.05, 0) is 32.0 Å². The average molecular weight is 371 g/mol. The van der Waals surface area contributed by atoms with Crippen molar-refractivity contribution in [1.82, 2.24) is 4.72 Å². The molecule has 1 aromatic carbocycles. The quantitative estimate of drug-likeness (QED) is 0.609. The molecular formula is C15H21N3O6S. The maximum atomic E-state index is 11.9. The Morgan fingerprint density at radius 3 is 2.68 bits per heavy atom. The zero-order chi connectivity index (χ0) is 18.0. The molecule has 0 aliphatic carbocycles. The second-order valence-corrected chi connectivity index (χ2v) is 7.96. The van der Waals surface area contributed by atoms with E-state index in [1.54, 1.807) is 0 Å². The number of benzene rings is 1. The molecule has 2 aliphatic rings. The SMILES string of the molecule is CNS(=O)(=O)c1ccc(N2CCCC(C3OCCO3)C2)c([N+](=O)[O-])c1. The summed E-state index contributed by atoms with van der Waals surface area (Å²) in [7, 11) is -2.47. The highest BCUT2D eigenvalue weighted by Crippen LogP contribution is 2.35. The molecule has 1 atom stereocenters. The lowest BCUT2D eigenvalue weighted by molar-refractivity contribution is -0.384. The van der Waals surface area contributed by atoms with Gasteiger partial charge in [-0.15, -0.1) is 0 Å². The van der Waals surface area contributed by atoms with Crippen molar-refractivity contribution in [3.63, 3.8) is 0 Å². The molecule has 9 nitrogen and oxygen atoms in total. The maximum Gasteiger partial charge on any atom is 0.293 e. The summed E-state index contributed by atoms with van der Waals surface area (Å²) >= 11 is 0. The lowest BCUT2D eigenvalue weighted by Gasteiger charge is -2.35. The Hall–Kier alpha value is -1.75. The summed E-state index contributed by atoms with van der Waals surface area (Å²) in [4.78, 5) is 12.7. The summed E-state index contributed by atoms with van der Waals surface area (Å²) in [5.74, 6) is 0.136. The normalized spacial score (nSPS) is 22.3. The molecule has 2 heterocycles. The summed E-state index contributed by atoms with van der Waals surface area (Å²) in [6.45, 7) is 2.38. The molecule has 1 unspecified atom stereocenters. The lowest BCUT2D eigenvalue weighted by atomic mass is 9.96. The van der Waals surface area contributed by atoms with Gasteiger partial charge in [0, 0.05) is 25.1 Å². The van der Waals surface area contributed by atoms with Gasteiger partial charge in [0.25, 0.3) is 5.69 Å². The van der Waals surface area contributed by atoms with E-state index in [0.717, 1.165) is 18.9 Å². The van der Waals surface area contributed by atoms with Crippen LogP contribution in [0.4, 0.5) is 11.4 Å². The molecule has 2 fully saturated rings. The number of hydrogen-bond acceptors (Lipinski definition) is 7. The van der Waals surface area contributed by atoms with Crippen molar-refractivity contribution in [3.8, 4) is 0 Å². The fourth-order valence-electron chi connectivity index (χ4n) is 3.30. The average Bonchev–Trinajstić information content (AvgIpc) is 3.16. The molecular weight excluding hydrogens is 350 g/mol. The van der Waals surface area contributed by atoms with Crippen LogP contribution in [-0.4, -0.2) is 53.0 Å². The molecule has 10 heteroatoms. The van der Waals surface area contributed by atoms with Crippen LogP contribution in [0.25, 0.3) is 0 Å². The topological polar surface area (TPSA) is 111 Å². The van der Waals surface area contributed by atoms with E-state index >= 15 is 0 Å². The van der Waals surface area contributed by atoms with Crippen LogP contribution in [0.15, 0.2) is 23.1 Å². The van der Waals surface area contributed by atoms with Gasteiger partial charge in [0.1, 0.15) is 5.69 Å². The first-order valence-corrected chi connectivity index (χ1v) is 9.61. The Kier molecular flexibility index (Phi) is 5.23. The van der Waals surface area contributed by atoms with Gasteiger partial charge in [0.05, 0.1) is 23.0 Å². The van der Waals surface area contributed by atoms with Gasteiger partial charge >= 0.3 is 0 Å². The number of hydrogen-bond donors (Lipinski definition) is 1.